The molecule has 4 heterocycles. The van der Waals surface area contributed by atoms with Gasteiger partial charge >= 0.3 is 0 Å². The Labute approximate surface area is 321 Å². The molecule has 2 bridgehead atoms. The molecule has 0 spiro atoms. The predicted octanol–water partition coefficient (Wildman–Crippen LogP) is 6.15. The molecule has 2 aromatic rings. The van der Waals surface area contributed by atoms with Crippen molar-refractivity contribution < 1.29 is 27.4 Å². The summed E-state index contributed by atoms with van der Waals surface area (Å²) in [6.07, 6.45) is 7.58. The maximum atomic E-state index is 13.6. The first kappa shape index (κ1) is 38.8. The summed E-state index contributed by atoms with van der Waals surface area (Å²) < 4.78 is 48.8. The minimum absolute atomic E-state index is 0.132. The van der Waals surface area contributed by atoms with Gasteiger partial charge in [0, 0.05) is 63.0 Å². The molecule has 53 heavy (non-hydrogen) atoms. The van der Waals surface area contributed by atoms with Gasteiger partial charge in [0.25, 0.3) is 5.91 Å². The number of rotatable bonds is 5. The number of hydrogen-bond donors (Lipinski definition) is 1. The van der Waals surface area contributed by atoms with Crippen LogP contribution in [0, 0.1) is 17.8 Å². The molecule has 2 aromatic carbocycles. The van der Waals surface area contributed by atoms with E-state index in [0.29, 0.717) is 42.4 Å². The van der Waals surface area contributed by atoms with E-state index < -0.39 is 21.2 Å². The number of sulfonamides is 1. The molecule has 1 N–H and O–H groups in total. The number of halogens is 1. The summed E-state index contributed by atoms with van der Waals surface area (Å²) >= 11 is 6.42. The fourth-order valence-corrected chi connectivity index (χ4v) is 10.9. The fourth-order valence-electron chi connectivity index (χ4n) is 9.38. The van der Waals surface area contributed by atoms with Crippen molar-refractivity contribution >= 4 is 33.2 Å². The number of anilines is 1. The number of nitrogens with one attached hydrogen (secondary N) is 1. The Kier molecular flexibility index (Phi) is 12.3. The molecule has 12 heteroatoms. The molecule has 5 atom stereocenters. The molecule has 5 aliphatic rings. The third kappa shape index (κ3) is 8.70. The fraction of sp³-hybridized carbons (Fsp3) is 0.683. The second-order valence-electron chi connectivity index (χ2n) is 16.3. The zero-order valence-electron chi connectivity index (χ0n) is 31.9. The lowest BCUT2D eigenvalue weighted by atomic mass is 9.62. The lowest BCUT2D eigenvalue weighted by molar-refractivity contribution is -0.151. The standard InChI is InChI=1S/C41H59ClN4O6S/c1-4-52-41(28-44-18-20-45(21-19-44)36-26-50-27-36)16-7-8-29(2)30(3)53(48,49)43-40(47)32-12-15-39-38(23-32)46(24-33-11-14-37(33)41)17-6-5-9-31-22-35(42)13-10-34(31)25-51-39/h10,12-13,15,22-23,29-30,33,36-37H,4-9,11,14,16-21,24-28H2,1-3H3,(H,43,47)/t29-,30+,33-,37+,41-/m0/s1. The molecule has 1 aliphatic carbocycles. The molecule has 292 valence electrons. The molecular formula is C41H59ClN4O6S. The van der Waals surface area contributed by atoms with Gasteiger partial charge in [0.05, 0.1) is 35.8 Å². The van der Waals surface area contributed by atoms with Crippen LogP contribution in [-0.4, -0.2) is 107 Å². The SMILES string of the molecule is CCO[C@]1(CN2CCN(C3COC3)CC2)CCC[C@H](C)[C@@H](C)S(=O)(=O)NC(=O)c2ccc3c(c2)N(CCCCc2cc(Cl)ccc2CO3)C[C@@H]2CC[C@H]21. The van der Waals surface area contributed by atoms with Crippen LogP contribution < -0.4 is 14.4 Å². The highest BCUT2D eigenvalue weighted by molar-refractivity contribution is 7.90. The second kappa shape index (κ2) is 16.8. The first-order valence-electron chi connectivity index (χ1n) is 20.1. The van der Waals surface area contributed by atoms with Gasteiger partial charge < -0.3 is 19.1 Å². The average Bonchev–Trinajstić information content (AvgIpc) is 3.12. The van der Waals surface area contributed by atoms with E-state index in [1.54, 1.807) is 13.0 Å². The van der Waals surface area contributed by atoms with Gasteiger partial charge in [-0.1, -0.05) is 31.0 Å². The Hall–Kier alpha value is -2.41. The number of carbonyl (C=O) groups excluding carboxylic acids is 1. The maximum absolute atomic E-state index is 13.6. The maximum Gasteiger partial charge on any atom is 0.264 e. The summed E-state index contributed by atoms with van der Waals surface area (Å²) in [6, 6.07) is 11.9. The van der Waals surface area contributed by atoms with E-state index in [1.165, 1.54) is 5.56 Å². The van der Waals surface area contributed by atoms with Crippen molar-refractivity contribution in [1.82, 2.24) is 14.5 Å². The summed E-state index contributed by atoms with van der Waals surface area (Å²) in [6.45, 7) is 15.2. The van der Waals surface area contributed by atoms with Gasteiger partial charge in [-0.05, 0) is 118 Å². The van der Waals surface area contributed by atoms with Crippen LogP contribution in [0.3, 0.4) is 0 Å². The number of ether oxygens (including phenoxy) is 3. The number of amides is 1. The van der Waals surface area contributed by atoms with Crippen LogP contribution in [-0.2, 0) is 32.5 Å². The van der Waals surface area contributed by atoms with Gasteiger partial charge in [0.2, 0.25) is 10.0 Å². The number of hydrogen-bond acceptors (Lipinski definition) is 9. The van der Waals surface area contributed by atoms with Crippen molar-refractivity contribution in [1.29, 1.82) is 0 Å². The number of nitrogens with zero attached hydrogens (tertiary/aromatic N) is 3. The van der Waals surface area contributed by atoms with E-state index in [-0.39, 0.29) is 11.5 Å². The van der Waals surface area contributed by atoms with E-state index >= 15 is 0 Å². The first-order valence-corrected chi connectivity index (χ1v) is 22.0. The quantitative estimate of drug-likeness (QED) is 0.384. The van der Waals surface area contributed by atoms with Crippen LogP contribution in [0.15, 0.2) is 36.4 Å². The normalized spacial score (nSPS) is 30.7. The number of aryl methyl sites for hydroxylation is 1. The second-order valence-corrected chi connectivity index (χ2v) is 18.8. The minimum atomic E-state index is -3.92. The van der Waals surface area contributed by atoms with Crippen LogP contribution in [0.1, 0.15) is 87.2 Å². The molecule has 10 nitrogen and oxygen atoms in total. The van der Waals surface area contributed by atoms with Crippen molar-refractivity contribution in [3.05, 3.63) is 58.1 Å². The molecule has 0 aromatic heterocycles. The van der Waals surface area contributed by atoms with Gasteiger partial charge in [0.15, 0.2) is 0 Å². The Bertz CT molecular complexity index is 1700. The van der Waals surface area contributed by atoms with Crippen molar-refractivity contribution in [2.75, 3.05) is 70.5 Å². The minimum Gasteiger partial charge on any atom is -0.487 e. The summed E-state index contributed by atoms with van der Waals surface area (Å²) in [5.74, 6) is 0.732. The van der Waals surface area contributed by atoms with Crippen molar-refractivity contribution in [2.45, 2.75) is 95.6 Å². The third-order valence-electron chi connectivity index (χ3n) is 13.0. The smallest absolute Gasteiger partial charge is 0.264 e. The Balaban J connectivity index is 1.23. The molecule has 3 fully saturated rings. The van der Waals surface area contributed by atoms with Gasteiger partial charge in [0.1, 0.15) is 12.4 Å². The van der Waals surface area contributed by atoms with Crippen molar-refractivity contribution in [3.8, 4) is 5.75 Å². The summed E-state index contributed by atoms with van der Waals surface area (Å²) in [4.78, 5) is 21.3. The number of carbonyl (C=O) groups is 1. The van der Waals surface area contributed by atoms with Gasteiger partial charge in [-0.2, -0.15) is 0 Å². The predicted molar refractivity (Wildman–Crippen MR) is 209 cm³/mol. The zero-order valence-corrected chi connectivity index (χ0v) is 33.4. The van der Waals surface area contributed by atoms with Crippen LogP contribution >= 0.6 is 11.6 Å². The lowest BCUT2D eigenvalue weighted by Gasteiger charge is -2.54. The van der Waals surface area contributed by atoms with E-state index in [9.17, 15) is 13.2 Å². The highest BCUT2D eigenvalue weighted by atomic mass is 35.5. The summed E-state index contributed by atoms with van der Waals surface area (Å²) in [5.41, 5.74) is 3.12. The molecule has 7 rings (SSSR count). The molecule has 1 amide bonds. The van der Waals surface area contributed by atoms with E-state index in [0.717, 1.165) is 127 Å². The highest BCUT2D eigenvalue weighted by Crippen LogP contribution is 2.48. The molecule has 4 aliphatic heterocycles. The molecule has 2 saturated heterocycles. The summed E-state index contributed by atoms with van der Waals surface area (Å²) in [7, 11) is -3.92. The topological polar surface area (TPSA) is 101 Å². The van der Waals surface area contributed by atoms with E-state index in [4.69, 9.17) is 25.8 Å². The van der Waals surface area contributed by atoms with Crippen LogP contribution in [0.25, 0.3) is 0 Å². The van der Waals surface area contributed by atoms with E-state index in [1.807, 2.05) is 37.3 Å². The Morgan fingerprint density at radius 1 is 0.962 bits per heavy atom. The largest absolute Gasteiger partial charge is 0.487 e. The van der Waals surface area contributed by atoms with Gasteiger partial charge in [-0.25, -0.2) is 13.1 Å². The lowest BCUT2D eigenvalue weighted by Crippen LogP contribution is -2.61. The van der Waals surface area contributed by atoms with Crippen molar-refractivity contribution in [3.63, 3.8) is 0 Å². The Morgan fingerprint density at radius 2 is 1.77 bits per heavy atom. The van der Waals surface area contributed by atoms with Gasteiger partial charge in [-0.3, -0.25) is 14.6 Å². The monoisotopic (exact) mass is 770 g/mol. The molecule has 0 unspecified atom stereocenters. The molecule has 0 radical (unpaired) electrons. The van der Waals surface area contributed by atoms with Gasteiger partial charge in [-0.15, -0.1) is 0 Å². The number of benzene rings is 2. The Morgan fingerprint density at radius 3 is 2.49 bits per heavy atom. The van der Waals surface area contributed by atoms with Crippen LogP contribution in [0.4, 0.5) is 5.69 Å². The summed E-state index contributed by atoms with van der Waals surface area (Å²) in [5, 5.41) is -0.00260. The van der Waals surface area contributed by atoms with E-state index in [2.05, 4.69) is 26.3 Å². The van der Waals surface area contributed by atoms with Crippen LogP contribution in [0.2, 0.25) is 5.02 Å². The number of fused-ring (bicyclic) bond motifs is 3. The zero-order chi connectivity index (χ0) is 37.2. The van der Waals surface area contributed by atoms with Crippen LogP contribution in [0.5, 0.6) is 5.75 Å². The highest BCUT2D eigenvalue weighted by Gasteiger charge is 2.50. The van der Waals surface area contributed by atoms with Crippen molar-refractivity contribution in [2.24, 2.45) is 17.8 Å². The first-order chi connectivity index (χ1) is 25.5. The molecule has 1 saturated carbocycles. The third-order valence-corrected chi connectivity index (χ3v) is 15.2. The average molecular weight is 771 g/mol. The number of piperazine rings is 1. The molecular weight excluding hydrogens is 712 g/mol.